The van der Waals surface area contributed by atoms with Gasteiger partial charge in [-0.3, -0.25) is 9.59 Å². The van der Waals surface area contributed by atoms with Crippen LogP contribution in [0, 0.1) is 5.92 Å². The minimum absolute atomic E-state index is 0.0708. The van der Waals surface area contributed by atoms with Crippen LogP contribution in [0.2, 0.25) is 0 Å². The maximum Gasteiger partial charge on any atom is 0.291 e. The molecule has 0 saturated carbocycles. The molecule has 1 amide bonds. The van der Waals surface area contributed by atoms with E-state index in [4.69, 9.17) is 0 Å². The van der Waals surface area contributed by atoms with Crippen molar-refractivity contribution in [1.29, 1.82) is 0 Å². The van der Waals surface area contributed by atoms with Gasteiger partial charge >= 0.3 is 0 Å². The number of nitrogens with zero attached hydrogens (tertiary/aromatic N) is 4. The molecule has 29 heavy (non-hydrogen) atoms. The summed E-state index contributed by atoms with van der Waals surface area (Å²) in [4.78, 5) is 27.8. The molecule has 1 N–H and O–H groups in total. The van der Waals surface area contributed by atoms with E-state index in [-0.39, 0.29) is 18.0 Å². The number of para-hydroxylation sites is 1. The fraction of sp³-hybridized carbons (Fsp3) is 0.500. The Bertz CT molecular complexity index is 1080. The van der Waals surface area contributed by atoms with E-state index in [2.05, 4.69) is 22.2 Å². The molecule has 7 nitrogen and oxygen atoms in total. The van der Waals surface area contributed by atoms with Crippen LogP contribution in [-0.2, 0) is 18.4 Å². The van der Waals surface area contributed by atoms with E-state index in [1.807, 2.05) is 28.8 Å². The van der Waals surface area contributed by atoms with Gasteiger partial charge in [0.05, 0.1) is 6.20 Å². The molecule has 1 saturated heterocycles. The molecule has 1 aliphatic heterocycles. The topological polar surface area (TPSA) is 72.2 Å². The number of hydrogen-bond donors (Lipinski definition) is 1. The Kier molecular flexibility index (Phi) is 5.67. The Morgan fingerprint density at radius 2 is 2.10 bits per heavy atom. The van der Waals surface area contributed by atoms with Gasteiger partial charge in [-0.1, -0.05) is 25.1 Å². The van der Waals surface area contributed by atoms with Gasteiger partial charge in [-0.25, -0.2) is 4.68 Å². The predicted octanol–water partition coefficient (Wildman–Crippen LogP) is 2.13. The van der Waals surface area contributed by atoms with Crippen molar-refractivity contribution in [3.05, 3.63) is 40.8 Å². The van der Waals surface area contributed by atoms with Crippen LogP contribution in [0.4, 0.5) is 0 Å². The van der Waals surface area contributed by atoms with Crippen molar-refractivity contribution in [3.8, 4) is 0 Å². The molecule has 1 atom stereocenters. The normalized spacial score (nSPS) is 17.8. The van der Waals surface area contributed by atoms with Crippen LogP contribution in [0.25, 0.3) is 21.8 Å². The van der Waals surface area contributed by atoms with E-state index in [9.17, 15) is 9.59 Å². The van der Waals surface area contributed by atoms with Gasteiger partial charge < -0.3 is 14.8 Å². The van der Waals surface area contributed by atoms with Gasteiger partial charge in [-0.2, -0.15) is 5.10 Å². The van der Waals surface area contributed by atoms with Crippen molar-refractivity contribution >= 4 is 27.7 Å². The maximum absolute atomic E-state index is 12.7. The van der Waals surface area contributed by atoms with Crippen molar-refractivity contribution in [1.82, 2.24) is 24.6 Å². The highest BCUT2D eigenvalue weighted by Crippen LogP contribution is 2.26. The molecule has 1 fully saturated rings. The molecule has 7 heteroatoms. The number of piperidine rings is 1. The van der Waals surface area contributed by atoms with Gasteiger partial charge in [0, 0.05) is 36.4 Å². The van der Waals surface area contributed by atoms with E-state index >= 15 is 0 Å². The van der Waals surface area contributed by atoms with Crippen LogP contribution in [0.3, 0.4) is 0 Å². The lowest BCUT2D eigenvalue weighted by Gasteiger charge is -2.30. The number of benzene rings is 1. The van der Waals surface area contributed by atoms with Crippen LogP contribution in [0.5, 0.6) is 0 Å². The Labute approximate surface area is 170 Å². The molecule has 3 aromatic rings. The van der Waals surface area contributed by atoms with Gasteiger partial charge in [0.15, 0.2) is 0 Å². The van der Waals surface area contributed by atoms with Crippen LogP contribution in [0.1, 0.15) is 26.2 Å². The van der Waals surface area contributed by atoms with E-state index in [0.29, 0.717) is 12.1 Å². The molecule has 0 radical (unpaired) electrons. The Morgan fingerprint density at radius 3 is 2.93 bits per heavy atom. The lowest BCUT2D eigenvalue weighted by molar-refractivity contribution is -0.121. The molecule has 1 aromatic carbocycles. The molecule has 0 unspecified atom stereocenters. The third-order valence-corrected chi connectivity index (χ3v) is 5.88. The Morgan fingerprint density at radius 1 is 1.28 bits per heavy atom. The van der Waals surface area contributed by atoms with Crippen molar-refractivity contribution < 1.29 is 4.79 Å². The quantitative estimate of drug-likeness (QED) is 0.649. The fourth-order valence-corrected chi connectivity index (χ4v) is 4.43. The molecule has 3 heterocycles. The van der Waals surface area contributed by atoms with Crippen molar-refractivity contribution in [2.45, 2.75) is 32.7 Å². The Hall–Kier alpha value is -2.67. The van der Waals surface area contributed by atoms with Gasteiger partial charge in [-0.15, -0.1) is 0 Å². The molecule has 0 aliphatic carbocycles. The molecule has 1 aliphatic rings. The maximum atomic E-state index is 12.7. The first-order valence-corrected chi connectivity index (χ1v) is 10.5. The average Bonchev–Trinajstić information content (AvgIpc) is 3.02. The van der Waals surface area contributed by atoms with E-state index in [0.717, 1.165) is 48.3 Å². The summed E-state index contributed by atoms with van der Waals surface area (Å²) in [6.07, 6.45) is 5.23. The minimum Gasteiger partial charge on any atom is -0.355 e. The first kappa shape index (κ1) is 19.6. The minimum atomic E-state index is -0.189. The standard InChI is InChI=1S/C22H29N5O2/c1-16-7-5-11-26(14-16)12-6-10-23-20(28)15-27-19-9-4-3-8-17(19)18-13-24-25(2)22(29)21(18)27/h3-4,8-9,13,16H,5-7,10-12,14-15H2,1-2H3,(H,23,28)/t16-/m0/s1. The summed E-state index contributed by atoms with van der Waals surface area (Å²) in [6.45, 7) is 6.43. The molecular weight excluding hydrogens is 366 g/mol. The summed E-state index contributed by atoms with van der Waals surface area (Å²) in [5.41, 5.74) is 1.22. The molecular formula is C22H29N5O2. The summed E-state index contributed by atoms with van der Waals surface area (Å²) in [5.74, 6) is 0.698. The largest absolute Gasteiger partial charge is 0.355 e. The number of nitrogens with one attached hydrogen (secondary N) is 1. The van der Waals surface area contributed by atoms with Crippen molar-refractivity contribution in [2.75, 3.05) is 26.2 Å². The van der Waals surface area contributed by atoms with Gasteiger partial charge in [0.1, 0.15) is 12.1 Å². The summed E-state index contributed by atoms with van der Waals surface area (Å²) < 4.78 is 3.13. The number of likely N-dealkylation sites (tertiary alicyclic amines) is 1. The first-order valence-electron chi connectivity index (χ1n) is 10.5. The predicted molar refractivity (Wildman–Crippen MR) is 115 cm³/mol. The number of hydrogen-bond acceptors (Lipinski definition) is 4. The zero-order valence-electron chi connectivity index (χ0n) is 17.2. The van der Waals surface area contributed by atoms with Gasteiger partial charge in [0.2, 0.25) is 5.91 Å². The second kappa shape index (κ2) is 8.37. The zero-order valence-corrected chi connectivity index (χ0v) is 17.2. The third kappa shape index (κ3) is 4.05. The molecule has 4 rings (SSSR count). The molecule has 154 valence electrons. The van der Waals surface area contributed by atoms with Crippen LogP contribution < -0.4 is 10.9 Å². The average molecular weight is 396 g/mol. The summed E-state index contributed by atoms with van der Waals surface area (Å²) in [6, 6.07) is 7.77. The lowest BCUT2D eigenvalue weighted by atomic mass is 10.0. The number of amides is 1. The number of aromatic nitrogens is 3. The van der Waals surface area contributed by atoms with Crippen LogP contribution >= 0.6 is 0 Å². The zero-order chi connectivity index (χ0) is 20.4. The highest BCUT2D eigenvalue weighted by atomic mass is 16.2. The number of carbonyl (C=O) groups excluding carboxylic acids is 1. The highest BCUT2D eigenvalue weighted by molar-refractivity contribution is 6.07. The SMILES string of the molecule is C[C@H]1CCCN(CCCNC(=O)Cn2c3ccccc3c3cnn(C)c(=O)c32)C1. The van der Waals surface area contributed by atoms with Crippen molar-refractivity contribution in [3.63, 3.8) is 0 Å². The summed E-state index contributed by atoms with van der Waals surface area (Å²) >= 11 is 0. The third-order valence-electron chi connectivity index (χ3n) is 5.88. The lowest BCUT2D eigenvalue weighted by Crippen LogP contribution is -2.37. The summed E-state index contributed by atoms with van der Waals surface area (Å²) in [5, 5.41) is 8.90. The number of aryl methyl sites for hydroxylation is 1. The first-order chi connectivity index (χ1) is 14.0. The van der Waals surface area contributed by atoms with E-state index in [1.54, 1.807) is 13.2 Å². The second-order valence-corrected chi connectivity index (χ2v) is 8.19. The molecule has 2 aromatic heterocycles. The highest BCUT2D eigenvalue weighted by Gasteiger charge is 2.18. The fourth-order valence-electron chi connectivity index (χ4n) is 4.43. The monoisotopic (exact) mass is 395 g/mol. The van der Waals surface area contributed by atoms with Gasteiger partial charge in [0.25, 0.3) is 5.56 Å². The smallest absolute Gasteiger partial charge is 0.291 e. The molecule has 0 bridgehead atoms. The van der Waals surface area contributed by atoms with Crippen LogP contribution in [-0.4, -0.2) is 51.3 Å². The van der Waals surface area contributed by atoms with Crippen LogP contribution in [0.15, 0.2) is 35.3 Å². The number of carbonyl (C=O) groups is 1. The van der Waals surface area contributed by atoms with E-state index in [1.165, 1.54) is 17.5 Å². The van der Waals surface area contributed by atoms with Gasteiger partial charge in [-0.05, 0) is 44.3 Å². The Balaban J connectivity index is 1.45. The van der Waals surface area contributed by atoms with E-state index < -0.39 is 0 Å². The second-order valence-electron chi connectivity index (χ2n) is 8.19. The van der Waals surface area contributed by atoms with Crippen molar-refractivity contribution in [2.24, 2.45) is 13.0 Å². The number of rotatable bonds is 6. The molecule has 0 spiro atoms. The number of fused-ring (bicyclic) bond motifs is 3. The summed E-state index contributed by atoms with van der Waals surface area (Å²) in [7, 11) is 1.63.